The molecule has 2 aromatic rings. The molecule has 1 aromatic heterocycles. The zero-order valence-corrected chi connectivity index (χ0v) is 14.1. The van der Waals surface area contributed by atoms with Gasteiger partial charge in [-0.3, -0.25) is 9.59 Å². The molecule has 2 rings (SSSR count). The van der Waals surface area contributed by atoms with Gasteiger partial charge in [0, 0.05) is 17.0 Å². The Kier molecular flexibility index (Phi) is 6.81. The predicted octanol–water partition coefficient (Wildman–Crippen LogP) is 3.39. The Bertz CT molecular complexity index is 638. The number of benzene rings is 1. The van der Waals surface area contributed by atoms with Crippen LogP contribution in [0.5, 0.6) is 0 Å². The number of hydrogen-bond acceptors (Lipinski definition) is 3. The van der Waals surface area contributed by atoms with Crippen LogP contribution < -0.4 is 10.6 Å². The summed E-state index contributed by atoms with van der Waals surface area (Å²) in [4.78, 5) is 25.0. The van der Waals surface area contributed by atoms with Crippen LogP contribution in [0.2, 0.25) is 0 Å². The van der Waals surface area contributed by atoms with Crippen LogP contribution in [0, 0.1) is 0 Å². The summed E-state index contributed by atoms with van der Waals surface area (Å²) in [6.45, 7) is 2.05. The highest BCUT2D eigenvalue weighted by molar-refractivity contribution is 7.09. The average molecular weight is 330 g/mol. The third kappa shape index (κ3) is 5.87. The number of carbonyl (C=O) groups excluding carboxylic acids is 2. The summed E-state index contributed by atoms with van der Waals surface area (Å²) in [5.41, 5.74) is 1.90. The molecule has 2 N–H and O–H groups in total. The molecule has 0 radical (unpaired) electrons. The van der Waals surface area contributed by atoms with Crippen molar-refractivity contribution in [3.05, 3.63) is 52.2 Å². The first kappa shape index (κ1) is 17.2. The Balaban J connectivity index is 1.68. The molecule has 2 amide bonds. The van der Waals surface area contributed by atoms with E-state index in [1.54, 1.807) is 11.3 Å². The summed E-state index contributed by atoms with van der Waals surface area (Å²) in [6.07, 6.45) is 3.00. The number of hydrogen-bond donors (Lipinski definition) is 2. The molecular weight excluding hydrogens is 308 g/mol. The van der Waals surface area contributed by atoms with E-state index in [1.165, 1.54) is 4.88 Å². The number of rotatable bonds is 8. The average Bonchev–Trinajstić information content (AvgIpc) is 3.07. The van der Waals surface area contributed by atoms with E-state index in [-0.39, 0.29) is 18.4 Å². The Morgan fingerprint density at radius 2 is 1.91 bits per heavy atom. The molecule has 0 atom stereocenters. The molecule has 122 valence electrons. The second-order valence-corrected chi connectivity index (χ2v) is 6.30. The van der Waals surface area contributed by atoms with Crippen molar-refractivity contribution in [3.63, 3.8) is 0 Å². The van der Waals surface area contributed by atoms with Gasteiger partial charge < -0.3 is 10.6 Å². The van der Waals surface area contributed by atoms with E-state index in [1.807, 2.05) is 42.6 Å². The molecule has 0 fully saturated rings. The number of amides is 2. The van der Waals surface area contributed by atoms with E-state index < -0.39 is 0 Å². The van der Waals surface area contributed by atoms with Gasteiger partial charge in [-0.2, -0.15) is 0 Å². The van der Waals surface area contributed by atoms with E-state index >= 15 is 0 Å². The van der Waals surface area contributed by atoms with Crippen LogP contribution in [0.4, 0.5) is 5.69 Å². The second-order valence-electron chi connectivity index (χ2n) is 5.27. The number of anilines is 1. The van der Waals surface area contributed by atoms with Crippen molar-refractivity contribution in [1.29, 1.82) is 0 Å². The molecule has 1 heterocycles. The maximum absolute atomic E-state index is 11.9. The third-order valence-corrected chi connectivity index (χ3v) is 4.46. The standard InChI is InChI=1S/C18H22N2O2S/c1-2-14-7-3-4-10-16(14)20-18(22)13-19-17(21)11-5-8-15-9-6-12-23-15/h3-4,6-7,9-10,12H,2,5,8,11,13H2,1H3,(H,19,21)(H,20,22). The first-order chi connectivity index (χ1) is 11.2. The summed E-state index contributed by atoms with van der Waals surface area (Å²) < 4.78 is 0. The molecule has 0 saturated carbocycles. The van der Waals surface area contributed by atoms with Crippen molar-refractivity contribution in [2.45, 2.75) is 32.6 Å². The van der Waals surface area contributed by atoms with Gasteiger partial charge in [-0.1, -0.05) is 31.2 Å². The van der Waals surface area contributed by atoms with Crippen LogP contribution in [0.3, 0.4) is 0 Å². The monoisotopic (exact) mass is 330 g/mol. The van der Waals surface area contributed by atoms with Crippen molar-refractivity contribution < 1.29 is 9.59 Å². The van der Waals surface area contributed by atoms with Gasteiger partial charge in [-0.05, 0) is 42.3 Å². The normalized spacial score (nSPS) is 10.3. The van der Waals surface area contributed by atoms with Gasteiger partial charge in [-0.15, -0.1) is 11.3 Å². The molecule has 0 spiro atoms. The SMILES string of the molecule is CCc1ccccc1NC(=O)CNC(=O)CCCc1cccs1. The molecule has 4 nitrogen and oxygen atoms in total. The van der Waals surface area contributed by atoms with Crippen molar-refractivity contribution >= 4 is 28.8 Å². The van der Waals surface area contributed by atoms with E-state index in [2.05, 4.69) is 16.7 Å². The number of aryl methyl sites for hydroxylation is 2. The highest BCUT2D eigenvalue weighted by Gasteiger charge is 2.08. The number of thiophene rings is 1. The minimum Gasteiger partial charge on any atom is -0.347 e. The highest BCUT2D eigenvalue weighted by Crippen LogP contribution is 2.15. The molecule has 0 saturated heterocycles. The topological polar surface area (TPSA) is 58.2 Å². The lowest BCUT2D eigenvalue weighted by Crippen LogP contribution is -2.32. The Morgan fingerprint density at radius 1 is 1.09 bits per heavy atom. The molecule has 0 aliphatic carbocycles. The largest absolute Gasteiger partial charge is 0.347 e. The van der Waals surface area contributed by atoms with E-state index in [4.69, 9.17) is 0 Å². The van der Waals surface area contributed by atoms with Crippen LogP contribution in [0.15, 0.2) is 41.8 Å². The number of carbonyl (C=O) groups is 2. The lowest BCUT2D eigenvalue weighted by Gasteiger charge is -2.10. The summed E-state index contributed by atoms with van der Waals surface area (Å²) in [7, 11) is 0. The molecule has 1 aromatic carbocycles. The van der Waals surface area contributed by atoms with Gasteiger partial charge >= 0.3 is 0 Å². The molecule has 0 unspecified atom stereocenters. The predicted molar refractivity (Wildman–Crippen MR) is 94.7 cm³/mol. The summed E-state index contributed by atoms with van der Waals surface area (Å²) >= 11 is 1.70. The van der Waals surface area contributed by atoms with Gasteiger partial charge in [0.15, 0.2) is 0 Å². The molecule has 0 aliphatic rings. The first-order valence-electron chi connectivity index (χ1n) is 7.86. The highest BCUT2D eigenvalue weighted by atomic mass is 32.1. The molecule has 5 heteroatoms. The van der Waals surface area contributed by atoms with Crippen LogP contribution in [-0.2, 0) is 22.4 Å². The van der Waals surface area contributed by atoms with Gasteiger partial charge in [0.25, 0.3) is 0 Å². The van der Waals surface area contributed by atoms with Gasteiger partial charge in [-0.25, -0.2) is 0 Å². The van der Waals surface area contributed by atoms with Gasteiger partial charge in [0.2, 0.25) is 11.8 Å². The van der Waals surface area contributed by atoms with E-state index in [9.17, 15) is 9.59 Å². The van der Waals surface area contributed by atoms with Gasteiger partial charge in [0.05, 0.1) is 6.54 Å². The van der Waals surface area contributed by atoms with Crippen LogP contribution in [-0.4, -0.2) is 18.4 Å². The molecule has 0 bridgehead atoms. The van der Waals surface area contributed by atoms with Crippen LogP contribution in [0.25, 0.3) is 0 Å². The van der Waals surface area contributed by atoms with Crippen LogP contribution >= 0.6 is 11.3 Å². The fraction of sp³-hybridized carbons (Fsp3) is 0.333. The molecular formula is C18H22N2O2S. The summed E-state index contributed by atoms with van der Waals surface area (Å²) in [5.74, 6) is -0.280. The summed E-state index contributed by atoms with van der Waals surface area (Å²) in [5, 5.41) is 7.55. The second kappa shape index (κ2) is 9.10. The first-order valence-corrected chi connectivity index (χ1v) is 8.74. The Hall–Kier alpha value is -2.14. The smallest absolute Gasteiger partial charge is 0.243 e. The molecule has 23 heavy (non-hydrogen) atoms. The minimum absolute atomic E-state index is 0.00981. The maximum atomic E-state index is 11.9. The lowest BCUT2D eigenvalue weighted by atomic mass is 10.1. The number of nitrogens with one attached hydrogen (secondary N) is 2. The summed E-state index contributed by atoms with van der Waals surface area (Å²) in [6, 6.07) is 11.8. The van der Waals surface area contributed by atoms with Crippen LogP contribution in [0.1, 0.15) is 30.2 Å². The lowest BCUT2D eigenvalue weighted by molar-refractivity contribution is -0.124. The zero-order chi connectivity index (χ0) is 16.5. The maximum Gasteiger partial charge on any atom is 0.243 e. The third-order valence-electron chi connectivity index (χ3n) is 3.53. The van der Waals surface area contributed by atoms with Crippen molar-refractivity contribution in [2.24, 2.45) is 0 Å². The minimum atomic E-state index is -0.197. The van der Waals surface area contributed by atoms with E-state index in [0.717, 1.165) is 30.5 Å². The zero-order valence-electron chi connectivity index (χ0n) is 13.3. The molecule has 0 aliphatic heterocycles. The fourth-order valence-corrected chi connectivity index (χ4v) is 3.04. The van der Waals surface area contributed by atoms with E-state index in [0.29, 0.717) is 6.42 Å². The number of para-hydroxylation sites is 1. The Morgan fingerprint density at radius 3 is 2.65 bits per heavy atom. The van der Waals surface area contributed by atoms with Crippen molar-refractivity contribution in [1.82, 2.24) is 5.32 Å². The van der Waals surface area contributed by atoms with Gasteiger partial charge in [0.1, 0.15) is 0 Å². The Labute approximate surface area is 140 Å². The van der Waals surface area contributed by atoms with Crippen molar-refractivity contribution in [3.8, 4) is 0 Å². The van der Waals surface area contributed by atoms with Crippen molar-refractivity contribution in [2.75, 3.05) is 11.9 Å². The quantitative estimate of drug-likeness (QED) is 0.779. The fourth-order valence-electron chi connectivity index (χ4n) is 2.29.